The molecule has 306 valence electrons. The molecule has 6 aromatic rings. The molecule has 0 amide bonds. The Morgan fingerprint density at radius 2 is 0.750 bits per heavy atom. The number of para-hydroxylation sites is 2. The Kier molecular flexibility index (Phi) is 13.1. The number of halogens is 4. The molecular formula is C48H42Cl4N4O4. The highest BCUT2D eigenvalue weighted by Gasteiger charge is 2.21. The first-order chi connectivity index (χ1) is 28.3. The number of benzene rings is 6. The van der Waals surface area contributed by atoms with Crippen molar-refractivity contribution >= 4 is 94.0 Å². The van der Waals surface area contributed by atoms with Crippen LogP contribution in [0, 0.1) is 0 Å². The van der Waals surface area contributed by atoms with Crippen LogP contribution in [-0.4, -0.2) is 45.3 Å². The third kappa shape index (κ3) is 10.2. The van der Waals surface area contributed by atoms with Gasteiger partial charge in [0.2, 0.25) is 0 Å². The van der Waals surface area contributed by atoms with Crippen LogP contribution >= 0.6 is 46.4 Å². The molecule has 6 rings (SSSR count). The average Bonchev–Trinajstić information content (AvgIpc) is 3.18. The fourth-order valence-electron chi connectivity index (χ4n) is 6.30. The highest BCUT2D eigenvalue weighted by Crippen LogP contribution is 2.40. The maximum absolute atomic E-state index is 11.1. The van der Waals surface area contributed by atoms with Gasteiger partial charge in [0.15, 0.2) is 0 Å². The van der Waals surface area contributed by atoms with Gasteiger partial charge in [-0.25, -0.2) is 0 Å². The fraction of sp³-hybridized carbons (Fsp3) is 0.167. The second-order valence-electron chi connectivity index (χ2n) is 16.1. The van der Waals surface area contributed by atoms with E-state index >= 15 is 0 Å². The van der Waals surface area contributed by atoms with E-state index in [0.717, 1.165) is 22.3 Å². The molecule has 0 fully saturated rings. The Bertz CT molecular complexity index is 2540. The molecule has 8 nitrogen and oxygen atoms in total. The normalized spacial score (nSPS) is 12.5. The van der Waals surface area contributed by atoms with Gasteiger partial charge in [-0.2, -0.15) is 0 Å². The molecule has 0 aliphatic rings. The minimum absolute atomic E-state index is 0.0754. The summed E-state index contributed by atoms with van der Waals surface area (Å²) in [5.41, 5.74) is 5.85. The Balaban J connectivity index is 1.48. The highest BCUT2D eigenvalue weighted by molar-refractivity contribution is 6.36. The summed E-state index contributed by atoms with van der Waals surface area (Å²) in [5, 5.41) is 44.4. The van der Waals surface area contributed by atoms with Crippen molar-refractivity contribution in [3.63, 3.8) is 0 Å². The summed E-state index contributed by atoms with van der Waals surface area (Å²) in [7, 11) is 0. The van der Waals surface area contributed by atoms with E-state index in [1.54, 1.807) is 48.8 Å². The predicted molar refractivity (Wildman–Crippen MR) is 251 cm³/mol. The van der Waals surface area contributed by atoms with Crippen LogP contribution in [-0.2, 0) is 10.8 Å². The number of hydrogen-bond acceptors (Lipinski definition) is 8. The lowest BCUT2D eigenvalue weighted by atomic mass is 9.85. The molecule has 0 radical (unpaired) electrons. The maximum Gasteiger partial charge on any atom is 0.143 e. The zero-order valence-corrected chi connectivity index (χ0v) is 36.7. The molecule has 0 spiro atoms. The van der Waals surface area contributed by atoms with Crippen molar-refractivity contribution in [1.29, 1.82) is 0 Å². The van der Waals surface area contributed by atoms with Crippen molar-refractivity contribution in [2.45, 2.75) is 52.4 Å². The first-order valence-electron chi connectivity index (χ1n) is 18.8. The second-order valence-corrected chi connectivity index (χ2v) is 17.8. The second kappa shape index (κ2) is 17.9. The molecule has 0 saturated carbocycles. The maximum atomic E-state index is 11.1. The quantitative estimate of drug-likeness (QED) is 0.108. The molecule has 0 heterocycles. The largest absolute Gasteiger partial charge is 0.507 e. The number of nitrogens with zero attached hydrogens (tertiary/aromatic N) is 4. The van der Waals surface area contributed by atoms with E-state index < -0.39 is 0 Å². The van der Waals surface area contributed by atoms with Gasteiger partial charge >= 0.3 is 0 Å². The first kappa shape index (κ1) is 43.9. The van der Waals surface area contributed by atoms with Gasteiger partial charge in [0, 0.05) is 57.2 Å². The summed E-state index contributed by atoms with van der Waals surface area (Å²) in [4.78, 5) is 18.9. The molecule has 60 heavy (non-hydrogen) atoms. The van der Waals surface area contributed by atoms with Crippen LogP contribution in [0.2, 0.25) is 20.1 Å². The van der Waals surface area contributed by atoms with E-state index in [1.807, 2.05) is 90.1 Å². The van der Waals surface area contributed by atoms with Gasteiger partial charge in [-0.1, -0.05) is 124 Å². The van der Waals surface area contributed by atoms with Crippen LogP contribution in [0.1, 0.15) is 74.9 Å². The van der Waals surface area contributed by atoms with Crippen molar-refractivity contribution in [2.24, 2.45) is 20.0 Å². The number of phenols is 4. The molecule has 0 atom stereocenters. The van der Waals surface area contributed by atoms with Crippen molar-refractivity contribution in [3.8, 4) is 34.1 Å². The third-order valence-electron chi connectivity index (χ3n) is 9.52. The first-order valence-corrected chi connectivity index (χ1v) is 20.3. The summed E-state index contributed by atoms with van der Waals surface area (Å²) in [6, 6.07) is 28.0. The van der Waals surface area contributed by atoms with E-state index in [9.17, 15) is 20.4 Å². The number of rotatable bonds is 9. The van der Waals surface area contributed by atoms with E-state index in [2.05, 4.69) is 0 Å². The summed E-state index contributed by atoms with van der Waals surface area (Å²) in [5.74, 6) is -0.0939. The molecule has 0 saturated heterocycles. The van der Waals surface area contributed by atoms with Crippen molar-refractivity contribution in [2.75, 3.05) is 0 Å². The SMILES string of the molecule is CC(C)(C)c1cccc(C=Nc2ccc(-c3ccc(N=Cc4cccc(C(C)(C)C)c4O)c(N=Cc4cc(Cl)cc(Cl)c4O)c3)cc2N=Cc2cc(Cl)cc(Cl)c2O)c1O. The monoisotopic (exact) mass is 878 g/mol. The van der Waals surface area contributed by atoms with Gasteiger partial charge in [-0.15, -0.1) is 0 Å². The fourth-order valence-corrected chi connectivity index (χ4v) is 7.32. The number of aliphatic imine (C=N–C) groups is 4. The highest BCUT2D eigenvalue weighted by atomic mass is 35.5. The summed E-state index contributed by atoms with van der Waals surface area (Å²) < 4.78 is 0. The van der Waals surface area contributed by atoms with E-state index in [0.29, 0.717) is 55.0 Å². The molecule has 0 unspecified atom stereocenters. The van der Waals surface area contributed by atoms with Gasteiger partial charge in [-0.05, 0) is 93.7 Å². The summed E-state index contributed by atoms with van der Waals surface area (Å²) >= 11 is 25.0. The van der Waals surface area contributed by atoms with Gasteiger partial charge < -0.3 is 20.4 Å². The van der Waals surface area contributed by atoms with Crippen LogP contribution in [0.3, 0.4) is 0 Å². The number of phenolic OH excluding ortho intramolecular Hbond substituents is 4. The van der Waals surface area contributed by atoms with E-state index in [1.165, 1.54) is 24.6 Å². The lowest BCUT2D eigenvalue weighted by Gasteiger charge is -2.21. The summed E-state index contributed by atoms with van der Waals surface area (Å²) in [6.07, 6.45) is 6.06. The van der Waals surface area contributed by atoms with Crippen LogP contribution < -0.4 is 0 Å². The molecule has 0 aromatic heterocycles. The zero-order valence-electron chi connectivity index (χ0n) is 33.6. The zero-order chi connectivity index (χ0) is 43.5. The molecule has 0 bridgehead atoms. The molecule has 6 aromatic carbocycles. The predicted octanol–water partition coefficient (Wildman–Crippen LogP) is 14.4. The number of aromatic hydroxyl groups is 4. The van der Waals surface area contributed by atoms with E-state index in [-0.39, 0.29) is 43.9 Å². The Morgan fingerprint density at radius 1 is 0.400 bits per heavy atom. The molecule has 0 aliphatic carbocycles. The summed E-state index contributed by atoms with van der Waals surface area (Å²) in [6.45, 7) is 12.1. The Labute approximate surface area is 369 Å². The minimum Gasteiger partial charge on any atom is -0.507 e. The smallest absolute Gasteiger partial charge is 0.143 e. The van der Waals surface area contributed by atoms with Crippen LogP contribution in [0.5, 0.6) is 23.0 Å². The third-order valence-corrected chi connectivity index (χ3v) is 10.5. The topological polar surface area (TPSA) is 130 Å². The van der Waals surface area contributed by atoms with Crippen molar-refractivity contribution < 1.29 is 20.4 Å². The Morgan fingerprint density at radius 3 is 1.12 bits per heavy atom. The molecule has 0 aliphatic heterocycles. The van der Waals surface area contributed by atoms with E-state index in [4.69, 9.17) is 66.4 Å². The number of hydrogen-bond donors (Lipinski definition) is 4. The lowest BCUT2D eigenvalue weighted by molar-refractivity contribution is 0.445. The molecule has 4 N–H and O–H groups in total. The minimum atomic E-state index is -0.296. The standard InChI is InChI=1S/C48H42Cl4N4O4/c1-47(2,3)35-11-7-9-29(43(35)57)23-53-39-15-13-27(19-41(39)55-25-31-17-33(49)21-37(51)45(31)59)28-14-16-40(54-24-30-10-8-12-36(44(30)58)48(4,5)6)42(20-28)56-26-32-18-34(50)22-38(52)46(32)60/h7-26,57-60H,1-6H3. The molecule has 12 heteroatoms. The Hall–Kier alpha value is -5.64. The van der Waals surface area contributed by atoms with Crippen LogP contribution in [0.15, 0.2) is 117 Å². The van der Waals surface area contributed by atoms with Crippen molar-refractivity contribution in [1.82, 2.24) is 0 Å². The van der Waals surface area contributed by atoms with Crippen molar-refractivity contribution in [3.05, 3.63) is 151 Å². The van der Waals surface area contributed by atoms with Gasteiger partial charge in [0.05, 0.1) is 32.8 Å². The molecular weight excluding hydrogens is 838 g/mol. The van der Waals surface area contributed by atoms with Gasteiger partial charge in [0.1, 0.15) is 23.0 Å². The van der Waals surface area contributed by atoms with Gasteiger partial charge in [-0.3, -0.25) is 20.0 Å². The lowest BCUT2D eigenvalue weighted by Crippen LogP contribution is -2.11. The van der Waals surface area contributed by atoms with Gasteiger partial charge in [0.25, 0.3) is 0 Å². The van der Waals surface area contributed by atoms with Crippen LogP contribution in [0.4, 0.5) is 22.7 Å². The van der Waals surface area contributed by atoms with Crippen LogP contribution in [0.25, 0.3) is 11.1 Å². The average molecular weight is 881 g/mol.